The Balaban J connectivity index is 1.89. The molecule has 8 heteroatoms. The van der Waals surface area contributed by atoms with Gasteiger partial charge in [-0.15, -0.1) is 0 Å². The van der Waals surface area contributed by atoms with Gasteiger partial charge < -0.3 is 25.6 Å². The molecule has 1 aliphatic carbocycles. The minimum absolute atomic E-state index is 0.112. The second-order valence-corrected chi connectivity index (χ2v) is 6.50. The van der Waals surface area contributed by atoms with Gasteiger partial charge in [0.05, 0.1) is 13.2 Å². The van der Waals surface area contributed by atoms with Crippen LogP contribution in [0.15, 0.2) is 24.3 Å². The number of benzene rings is 1. The van der Waals surface area contributed by atoms with E-state index in [2.05, 4.69) is 10.6 Å². The van der Waals surface area contributed by atoms with E-state index in [0.29, 0.717) is 18.6 Å². The van der Waals surface area contributed by atoms with E-state index in [0.717, 1.165) is 5.56 Å². The first-order chi connectivity index (χ1) is 12.3. The molecule has 2 atom stereocenters. The summed E-state index contributed by atoms with van der Waals surface area (Å²) >= 11 is 0. The van der Waals surface area contributed by atoms with Crippen molar-refractivity contribution < 1.29 is 29.3 Å². The smallest absolute Gasteiger partial charge is 0.326 e. The molecule has 2 rings (SSSR count). The van der Waals surface area contributed by atoms with Crippen molar-refractivity contribution in [2.24, 2.45) is 5.92 Å². The largest absolute Gasteiger partial charge is 0.497 e. The summed E-state index contributed by atoms with van der Waals surface area (Å²) in [7, 11) is 1.54. The number of carboxylic acids is 1. The molecule has 2 amide bonds. The SMILES string of the molecule is COc1ccc(C[C@H](NC(=O)[C@@H](C)NC(=O)C2CC(O)C2)C(=O)O)cc1. The minimum atomic E-state index is -1.16. The van der Waals surface area contributed by atoms with Crippen LogP contribution >= 0.6 is 0 Å². The van der Waals surface area contributed by atoms with E-state index in [-0.39, 0.29) is 18.2 Å². The Morgan fingerprint density at radius 3 is 2.31 bits per heavy atom. The van der Waals surface area contributed by atoms with Crippen LogP contribution < -0.4 is 15.4 Å². The van der Waals surface area contributed by atoms with Crippen molar-refractivity contribution in [3.05, 3.63) is 29.8 Å². The van der Waals surface area contributed by atoms with Gasteiger partial charge in [-0.05, 0) is 37.5 Å². The number of nitrogens with one attached hydrogen (secondary N) is 2. The molecular weight excluding hydrogens is 340 g/mol. The molecule has 0 aliphatic heterocycles. The van der Waals surface area contributed by atoms with E-state index < -0.39 is 30.1 Å². The third-order valence-corrected chi connectivity index (χ3v) is 4.45. The summed E-state index contributed by atoms with van der Waals surface area (Å²) in [6.45, 7) is 1.49. The number of amides is 2. The van der Waals surface area contributed by atoms with Gasteiger partial charge in [0.2, 0.25) is 11.8 Å². The van der Waals surface area contributed by atoms with Crippen molar-refractivity contribution >= 4 is 17.8 Å². The van der Waals surface area contributed by atoms with Crippen LogP contribution in [0.5, 0.6) is 5.75 Å². The summed E-state index contributed by atoms with van der Waals surface area (Å²) < 4.78 is 5.05. The summed E-state index contributed by atoms with van der Waals surface area (Å²) in [5.41, 5.74) is 0.735. The van der Waals surface area contributed by atoms with Gasteiger partial charge in [0.25, 0.3) is 0 Å². The summed E-state index contributed by atoms with van der Waals surface area (Å²) in [5.74, 6) is -1.68. The van der Waals surface area contributed by atoms with Crippen LogP contribution in [-0.2, 0) is 20.8 Å². The van der Waals surface area contributed by atoms with Gasteiger partial charge >= 0.3 is 5.97 Å². The van der Waals surface area contributed by atoms with E-state index in [1.807, 2.05) is 0 Å². The highest BCUT2D eigenvalue weighted by molar-refractivity contribution is 5.91. The fourth-order valence-electron chi connectivity index (χ4n) is 2.69. The predicted octanol–water partition coefficient (Wildman–Crippen LogP) is 0.0827. The zero-order chi connectivity index (χ0) is 19.3. The zero-order valence-electron chi connectivity index (χ0n) is 14.8. The lowest BCUT2D eigenvalue weighted by atomic mass is 9.82. The summed E-state index contributed by atoms with van der Waals surface area (Å²) in [5, 5.41) is 23.6. The number of rotatable bonds is 8. The van der Waals surface area contributed by atoms with Gasteiger partial charge in [0.15, 0.2) is 0 Å². The monoisotopic (exact) mass is 364 g/mol. The fraction of sp³-hybridized carbons (Fsp3) is 0.500. The Morgan fingerprint density at radius 2 is 1.81 bits per heavy atom. The Kier molecular flexibility index (Phi) is 6.57. The number of aliphatic hydroxyl groups is 1. The topological polar surface area (TPSA) is 125 Å². The zero-order valence-corrected chi connectivity index (χ0v) is 14.8. The van der Waals surface area contributed by atoms with Gasteiger partial charge in [-0.25, -0.2) is 4.79 Å². The summed E-state index contributed by atoms with van der Waals surface area (Å²) in [6, 6.07) is 4.92. The second kappa shape index (κ2) is 8.66. The van der Waals surface area contributed by atoms with E-state index >= 15 is 0 Å². The van der Waals surface area contributed by atoms with Gasteiger partial charge in [-0.1, -0.05) is 12.1 Å². The highest BCUT2D eigenvalue weighted by atomic mass is 16.5. The van der Waals surface area contributed by atoms with Crippen LogP contribution in [0.25, 0.3) is 0 Å². The number of carboxylic acid groups (broad SMARTS) is 1. The van der Waals surface area contributed by atoms with E-state index in [9.17, 15) is 24.6 Å². The molecule has 26 heavy (non-hydrogen) atoms. The first-order valence-electron chi connectivity index (χ1n) is 8.44. The van der Waals surface area contributed by atoms with Gasteiger partial charge in [-0.3, -0.25) is 9.59 Å². The van der Waals surface area contributed by atoms with Crippen LogP contribution in [0.1, 0.15) is 25.3 Å². The van der Waals surface area contributed by atoms with Gasteiger partial charge in [0.1, 0.15) is 17.8 Å². The molecule has 1 fully saturated rings. The summed E-state index contributed by atoms with van der Waals surface area (Å²) in [4.78, 5) is 35.6. The van der Waals surface area contributed by atoms with Crippen molar-refractivity contribution in [1.82, 2.24) is 10.6 Å². The first kappa shape index (κ1) is 19.7. The highest BCUT2D eigenvalue weighted by Gasteiger charge is 2.34. The molecular formula is C18H24N2O6. The molecule has 0 spiro atoms. The first-order valence-corrected chi connectivity index (χ1v) is 8.44. The summed E-state index contributed by atoms with van der Waals surface area (Å²) in [6.07, 6.45) is 0.418. The van der Waals surface area contributed by atoms with Crippen molar-refractivity contribution in [2.45, 2.75) is 44.4 Å². The number of hydrogen-bond acceptors (Lipinski definition) is 5. The van der Waals surface area contributed by atoms with E-state index in [1.54, 1.807) is 24.3 Å². The minimum Gasteiger partial charge on any atom is -0.497 e. The fourth-order valence-corrected chi connectivity index (χ4v) is 2.69. The van der Waals surface area contributed by atoms with Crippen molar-refractivity contribution in [1.29, 1.82) is 0 Å². The van der Waals surface area contributed by atoms with Gasteiger partial charge in [0, 0.05) is 12.3 Å². The lowest BCUT2D eigenvalue weighted by molar-refractivity contribution is -0.142. The molecule has 4 N–H and O–H groups in total. The Labute approximate surface area is 151 Å². The molecule has 8 nitrogen and oxygen atoms in total. The lowest BCUT2D eigenvalue weighted by Crippen LogP contribution is -2.53. The Hall–Kier alpha value is -2.61. The second-order valence-electron chi connectivity index (χ2n) is 6.50. The normalized spacial score (nSPS) is 21.0. The molecule has 0 unspecified atom stereocenters. The third kappa shape index (κ3) is 5.19. The van der Waals surface area contributed by atoms with Crippen LogP contribution in [0.4, 0.5) is 0 Å². The van der Waals surface area contributed by atoms with Crippen molar-refractivity contribution in [3.8, 4) is 5.75 Å². The molecule has 1 aromatic carbocycles. The quantitative estimate of drug-likeness (QED) is 0.518. The standard InChI is InChI=1S/C18H24N2O6/c1-10(19-17(23)12-8-13(21)9-12)16(22)20-15(18(24)25)7-11-3-5-14(26-2)6-4-11/h3-6,10,12-13,15,21H,7-9H2,1-2H3,(H,19,23)(H,20,22)(H,24,25)/t10-,12?,13?,15+/m1/s1. The van der Waals surface area contributed by atoms with Crippen molar-refractivity contribution in [3.63, 3.8) is 0 Å². The number of hydrogen-bond donors (Lipinski definition) is 4. The number of aliphatic carboxylic acids is 1. The molecule has 142 valence electrons. The molecule has 0 aromatic heterocycles. The third-order valence-electron chi connectivity index (χ3n) is 4.45. The molecule has 1 saturated carbocycles. The maximum atomic E-state index is 12.2. The Morgan fingerprint density at radius 1 is 1.19 bits per heavy atom. The van der Waals surface area contributed by atoms with Gasteiger partial charge in [-0.2, -0.15) is 0 Å². The average molecular weight is 364 g/mol. The molecule has 0 bridgehead atoms. The van der Waals surface area contributed by atoms with Crippen LogP contribution in [-0.4, -0.2) is 53.3 Å². The highest BCUT2D eigenvalue weighted by Crippen LogP contribution is 2.27. The predicted molar refractivity (Wildman–Crippen MR) is 92.6 cm³/mol. The van der Waals surface area contributed by atoms with Crippen LogP contribution in [0, 0.1) is 5.92 Å². The van der Waals surface area contributed by atoms with Crippen LogP contribution in [0.2, 0.25) is 0 Å². The maximum Gasteiger partial charge on any atom is 0.326 e. The molecule has 1 aromatic rings. The maximum absolute atomic E-state index is 12.2. The Bertz CT molecular complexity index is 654. The van der Waals surface area contributed by atoms with E-state index in [4.69, 9.17) is 4.74 Å². The number of aliphatic hydroxyl groups excluding tert-OH is 1. The lowest BCUT2D eigenvalue weighted by Gasteiger charge is -2.31. The molecule has 0 heterocycles. The molecule has 0 radical (unpaired) electrons. The molecule has 1 aliphatic rings. The number of carbonyl (C=O) groups is 3. The number of carbonyl (C=O) groups excluding carboxylic acids is 2. The molecule has 0 saturated heterocycles. The average Bonchev–Trinajstić information content (AvgIpc) is 2.58. The number of methoxy groups -OCH3 is 1. The van der Waals surface area contributed by atoms with Crippen LogP contribution in [0.3, 0.4) is 0 Å². The number of ether oxygens (including phenoxy) is 1. The van der Waals surface area contributed by atoms with E-state index in [1.165, 1.54) is 14.0 Å². The van der Waals surface area contributed by atoms with Crippen molar-refractivity contribution in [2.75, 3.05) is 7.11 Å².